The highest BCUT2D eigenvalue weighted by atomic mass is 16.5. The van der Waals surface area contributed by atoms with Crippen molar-refractivity contribution in [2.45, 2.75) is 33.7 Å². The number of nitrogens with one attached hydrogen (secondary N) is 2. The topological polar surface area (TPSA) is 72.2 Å². The third kappa shape index (κ3) is 6.46. The summed E-state index contributed by atoms with van der Waals surface area (Å²) in [7, 11) is 1.78. The van der Waals surface area contributed by atoms with Crippen molar-refractivity contribution in [2.75, 3.05) is 33.4 Å². The lowest BCUT2D eigenvalue weighted by Gasteiger charge is -2.15. The molecule has 2 heterocycles. The Hall–Kier alpha value is -3.06. The maximum Gasteiger partial charge on any atom is 0.191 e. The summed E-state index contributed by atoms with van der Waals surface area (Å²) in [6.07, 6.45) is 4.93. The fraction of sp³-hybridized carbons (Fsp3) is 0.417. The zero-order valence-electron chi connectivity index (χ0n) is 18.9. The van der Waals surface area contributed by atoms with E-state index in [1.54, 1.807) is 7.05 Å². The molecule has 0 saturated carbocycles. The molecule has 3 rings (SSSR count). The number of nitrogens with zero attached hydrogens (tertiary/aromatic N) is 3. The van der Waals surface area contributed by atoms with Crippen molar-refractivity contribution >= 4 is 11.6 Å². The van der Waals surface area contributed by atoms with E-state index in [0.29, 0.717) is 26.4 Å². The highest BCUT2D eigenvalue weighted by Crippen LogP contribution is 2.20. The van der Waals surface area contributed by atoms with Gasteiger partial charge in [-0.2, -0.15) is 0 Å². The average Bonchev–Trinajstić information content (AvgIpc) is 3.19. The number of pyridine rings is 1. The maximum atomic E-state index is 5.93. The van der Waals surface area contributed by atoms with E-state index < -0.39 is 0 Å². The lowest BCUT2D eigenvalue weighted by molar-refractivity contribution is 0.110. The number of guanidine groups is 1. The van der Waals surface area contributed by atoms with Gasteiger partial charge in [-0.15, -0.1) is 0 Å². The van der Waals surface area contributed by atoms with Gasteiger partial charge < -0.3 is 24.5 Å². The van der Waals surface area contributed by atoms with Crippen LogP contribution in [-0.4, -0.2) is 48.8 Å². The third-order valence-corrected chi connectivity index (χ3v) is 4.98. The predicted octanol–water partition coefficient (Wildman–Crippen LogP) is 3.27. The average molecular weight is 424 g/mol. The third-order valence-electron chi connectivity index (χ3n) is 4.98. The minimum Gasteiger partial charge on any atom is -0.491 e. The van der Waals surface area contributed by atoms with Crippen LogP contribution in [0.2, 0.25) is 0 Å². The smallest absolute Gasteiger partial charge is 0.191 e. The van der Waals surface area contributed by atoms with E-state index in [-0.39, 0.29) is 0 Å². The lowest BCUT2D eigenvalue weighted by Crippen LogP contribution is -2.38. The van der Waals surface area contributed by atoms with Crippen molar-refractivity contribution in [1.29, 1.82) is 0 Å². The van der Waals surface area contributed by atoms with Crippen molar-refractivity contribution in [1.82, 2.24) is 20.0 Å². The van der Waals surface area contributed by atoms with Crippen LogP contribution in [0.25, 0.3) is 5.65 Å². The van der Waals surface area contributed by atoms with E-state index in [0.717, 1.165) is 41.6 Å². The molecular weight excluding hydrogens is 390 g/mol. The minimum absolute atomic E-state index is 0.537. The number of benzene rings is 1. The molecule has 0 saturated heterocycles. The fourth-order valence-corrected chi connectivity index (χ4v) is 3.33. The molecule has 3 aromatic rings. The summed E-state index contributed by atoms with van der Waals surface area (Å²) in [4.78, 5) is 9.06. The molecule has 0 aliphatic heterocycles. The Morgan fingerprint density at radius 2 is 2.03 bits per heavy atom. The molecule has 2 N–H and O–H groups in total. The van der Waals surface area contributed by atoms with E-state index >= 15 is 0 Å². The summed E-state index contributed by atoms with van der Waals surface area (Å²) in [5.41, 5.74) is 5.50. The molecule has 0 atom stereocenters. The zero-order chi connectivity index (χ0) is 22.1. The highest BCUT2D eigenvalue weighted by Gasteiger charge is 2.07. The Kier molecular flexibility index (Phi) is 8.29. The van der Waals surface area contributed by atoms with Gasteiger partial charge in [0.05, 0.1) is 12.3 Å². The van der Waals surface area contributed by atoms with E-state index in [1.165, 1.54) is 11.1 Å². The Morgan fingerprint density at radius 3 is 2.81 bits per heavy atom. The molecule has 0 amide bonds. The molecule has 0 bridgehead atoms. The number of aromatic nitrogens is 2. The van der Waals surface area contributed by atoms with Crippen LogP contribution in [0.3, 0.4) is 0 Å². The number of imidazole rings is 1. The second-order valence-electron chi connectivity index (χ2n) is 7.41. The zero-order valence-corrected chi connectivity index (χ0v) is 18.9. The lowest BCUT2D eigenvalue weighted by atomic mass is 10.1. The molecule has 7 heteroatoms. The first-order chi connectivity index (χ1) is 15.1. The van der Waals surface area contributed by atoms with Gasteiger partial charge in [-0.05, 0) is 44.0 Å². The molecular formula is C24H33N5O2. The molecule has 0 fully saturated rings. The largest absolute Gasteiger partial charge is 0.491 e. The first kappa shape index (κ1) is 22.6. The van der Waals surface area contributed by atoms with E-state index in [9.17, 15) is 0 Å². The standard InChI is InChI=1S/C24H33N5O2/c1-5-30-13-14-31-22-15-18(2)8-9-20(22)16-27-24(25-4)26-11-10-21-17-29-12-6-7-19(3)23(29)28-21/h6-9,12,15,17H,5,10-11,13-14,16H2,1-4H3,(H2,25,26,27). The first-order valence-corrected chi connectivity index (χ1v) is 10.8. The van der Waals surface area contributed by atoms with Crippen molar-refractivity contribution in [3.05, 3.63) is 65.1 Å². The monoisotopic (exact) mass is 423 g/mol. The summed E-state index contributed by atoms with van der Waals surface area (Å²) >= 11 is 0. The molecule has 0 spiro atoms. The normalized spacial score (nSPS) is 11.7. The SMILES string of the molecule is CCOCCOc1cc(C)ccc1CNC(=NC)NCCc1cn2cccc(C)c2n1. The van der Waals surface area contributed by atoms with Gasteiger partial charge in [-0.3, -0.25) is 4.99 Å². The number of rotatable bonds is 10. The van der Waals surface area contributed by atoms with E-state index in [4.69, 9.17) is 14.5 Å². The van der Waals surface area contributed by atoms with Crippen molar-refractivity contribution in [2.24, 2.45) is 4.99 Å². The van der Waals surface area contributed by atoms with E-state index in [1.807, 2.05) is 19.2 Å². The summed E-state index contributed by atoms with van der Waals surface area (Å²) in [5.74, 6) is 1.63. The number of aliphatic imine (C=N–C) groups is 1. The highest BCUT2D eigenvalue weighted by molar-refractivity contribution is 5.79. The van der Waals surface area contributed by atoms with Crippen molar-refractivity contribution in [3.8, 4) is 5.75 Å². The molecule has 1 aromatic carbocycles. The molecule has 0 unspecified atom stereocenters. The molecule has 7 nitrogen and oxygen atoms in total. The van der Waals surface area contributed by atoms with Gasteiger partial charge in [0.2, 0.25) is 0 Å². The van der Waals surface area contributed by atoms with Crippen LogP contribution >= 0.6 is 0 Å². The van der Waals surface area contributed by atoms with Gasteiger partial charge >= 0.3 is 0 Å². The quantitative estimate of drug-likeness (QED) is 0.297. The molecule has 166 valence electrons. The van der Waals surface area contributed by atoms with Crippen LogP contribution in [0.1, 0.15) is 29.3 Å². The Morgan fingerprint density at radius 1 is 1.16 bits per heavy atom. The van der Waals surface area contributed by atoms with Crippen LogP contribution in [0.5, 0.6) is 5.75 Å². The van der Waals surface area contributed by atoms with Gasteiger partial charge in [0.1, 0.15) is 18.0 Å². The van der Waals surface area contributed by atoms with Crippen LogP contribution in [0, 0.1) is 13.8 Å². The first-order valence-electron chi connectivity index (χ1n) is 10.8. The van der Waals surface area contributed by atoms with Gasteiger partial charge in [0.25, 0.3) is 0 Å². The van der Waals surface area contributed by atoms with Crippen molar-refractivity contribution in [3.63, 3.8) is 0 Å². The Balaban J connectivity index is 1.51. The minimum atomic E-state index is 0.537. The summed E-state index contributed by atoms with van der Waals surface area (Å²) in [6.45, 7) is 9.31. The van der Waals surface area contributed by atoms with Crippen LogP contribution in [0.4, 0.5) is 0 Å². The fourth-order valence-electron chi connectivity index (χ4n) is 3.33. The number of aryl methyl sites for hydroxylation is 2. The van der Waals surface area contributed by atoms with Crippen LogP contribution < -0.4 is 15.4 Å². The Labute approximate surface area is 184 Å². The number of fused-ring (bicyclic) bond motifs is 1. The molecule has 2 aromatic heterocycles. The number of hydrogen-bond donors (Lipinski definition) is 2. The second-order valence-corrected chi connectivity index (χ2v) is 7.41. The van der Waals surface area contributed by atoms with Crippen molar-refractivity contribution < 1.29 is 9.47 Å². The molecule has 0 radical (unpaired) electrons. The van der Waals surface area contributed by atoms with Gasteiger partial charge in [-0.1, -0.05) is 18.2 Å². The van der Waals surface area contributed by atoms with E-state index in [2.05, 4.69) is 64.3 Å². The summed E-state index contributed by atoms with van der Waals surface area (Å²) in [5, 5.41) is 6.74. The molecule has 0 aliphatic rings. The maximum absolute atomic E-state index is 5.93. The summed E-state index contributed by atoms with van der Waals surface area (Å²) < 4.78 is 13.4. The predicted molar refractivity (Wildman–Crippen MR) is 125 cm³/mol. The number of ether oxygens (including phenoxy) is 2. The van der Waals surface area contributed by atoms with Crippen LogP contribution in [0.15, 0.2) is 47.7 Å². The summed E-state index contributed by atoms with van der Waals surface area (Å²) in [6, 6.07) is 10.4. The van der Waals surface area contributed by atoms with Crippen LogP contribution in [-0.2, 0) is 17.7 Å². The van der Waals surface area contributed by atoms with Gasteiger partial charge in [-0.25, -0.2) is 4.98 Å². The van der Waals surface area contributed by atoms with Gasteiger partial charge in [0.15, 0.2) is 5.96 Å². The molecule has 31 heavy (non-hydrogen) atoms. The number of hydrogen-bond acceptors (Lipinski definition) is 4. The molecule has 0 aliphatic carbocycles. The Bertz CT molecular complexity index is 1010. The van der Waals surface area contributed by atoms with Gasteiger partial charge in [0, 0.05) is 51.1 Å². The second kappa shape index (κ2) is 11.4.